The minimum absolute atomic E-state index is 0.615. The van der Waals surface area contributed by atoms with Crippen molar-refractivity contribution in [3.8, 4) is 56.6 Å². The van der Waals surface area contributed by atoms with Crippen LogP contribution in [0.2, 0.25) is 0 Å². The Hall–Kier alpha value is -8.01. The monoisotopic (exact) mass is 821 g/mol. The lowest BCUT2D eigenvalue weighted by Gasteiger charge is -2.43. The van der Waals surface area contributed by atoms with Crippen LogP contribution in [0.3, 0.4) is 0 Å². The molecule has 3 heteroatoms. The number of aromatic nitrogens is 1. The number of benzene rings is 8. The van der Waals surface area contributed by atoms with Crippen LogP contribution in [-0.4, -0.2) is 4.98 Å². The molecular weight excluding hydrogens is 779 g/mol. The van der Waals surface area contributed by atoms with Crippen LogP contribution in [-0.2, 0) is 10.8 Å². The lowest BCUT2D eigenvalue weighted by atomic mass is 9.62. The van der Waals surface area contributed by atoms with Crippen molar-refractivity contribution in [1.82, 2.24) is 4.98 Å². The summed E-state index contributed by atoms with van der Waals surface area (Å²) in [6, 6.07) is 77.7. The molecule has 1 unspecified atom stereocenters. The third-order valence-corrected chi connectivity index (χ3v) is 13.4. The fourth-order valence-corrected chi connectivity index (χ4v) is 10.7. The van der Waals surface area contributed by atoms with E-state index in [1.54, 1.807) is 0 Å². The zero-order valence-electron chi connectivity index (χ0n) is 35.2. The van der Waals surface area contributed by atoms with Crippen LogP contribution in [0.1, 0.15) is 51.8 Å². The van der Waals surface area contributed by atoms with Gasteiger partial charge in [-0.2, -0.15) is 0 Å². The van der Waals surface area contributed by atoms with Crippen LogP contribution >= 0.6 is 0 Å². The number of ether oxygens (including phenoxy) is 2. The summed E-state index contributed by atoms with van der Waals surface area (Å²) in [5.74, 6) is 3.26. The first-order chi connectivity index (χ1) is 31.7. The Labute approximate surface area is 374 Å². The summed E-state index contributed by atoms with van der Waals surface area (Å²) >= 11 is 0. The van der Waals surface area contributed by atoms with Crippen molar-refractivity contribution in [3.63, 3.8) is 0 Å². The molecule has 1 atom stereocenters. The van der Waals surface area contributed by atoms with Gasteiger partial charge in [-0.3, -0.25) is 0 Å². The van der Waals surface area contributed by atoms with E-state index in [1.807, 2.05) is 0 Å². The summed E-state index contributed by atoms with van der Waals surface area (Å²) in [4.78, 5) is 5.67. The zero-order valence-corrected chi connectivity index (χ0v) is 35.2. The SMILES string of the molecule is C1=CC(C2(c3ccccc3)c3ccccc3Oc3c(-c4cc(-c5ccccc5)cc(-c5cccc6c5Oc5ccccc5C6(c5ccccc5)c5ccccc5)n4)cccc32)=CCC1. The number of allylic oxidation sites excluding steroid dienone is 4. The van der Waals surface area contributed by atoms with E-state index in [9.17, 15) is 0 Å². The molecule has 1 aromatic heterocycles. The van der Waals surface area contributed by atoms with Crippen molar-refractivity contribution in [2.24, 2.45) is 0 Å². The highest BCUT2D eigenvalue weighted by Gasteiger charge is 2.48. The molecule has 8 aromatic carbocycles. The van der Waals surface area contributed by atoms with Gasteiger partial charge in [-0.05, 0) is 82.6 Å². The maximum Gasteiger partial charge on any atom is 0.141 e. The summed E-state index contributed by atoms with van der Waals surface area (Å²) in [5, 5.41) is 0. The van der Waals surface area contributed by atoms with Crippen LogP contribution in [0.15, 0.2) is 242 Å². The van der Waals surface area contributed by atoms with E-state index in [2.05, 4.69) is 237 Å². The van der Waals surface area contributed by atoms with E-state index in [0.29, 0.717) is 0 Å². The number of nitrogens with zero attached hydrogens (tertiary/aromatic N) is 1. The highest BCUT2D eigenvalue weighted by molar-refractivity contribution is 5.85. The second-order valence-electron chi connectivity index (χ2n) is 16.8. The van der Waals surface area contributed by atoms with E-state index in [1.165, 1.54) is 22.3 Å². The highest BCUT2D eigenvalue weighted by atomic mass is 16.5. The highest BCUT2D eigenvalue weighted by Crippen LogP contribution is 2.60. The molecule has 2 aliphatic heterocycles. The molecule has 0 N–H and O–H groups in total. The first-order valence-electron chi connectivity index (χ1n) is 22.2. The van der Waals surface area contributed by atoms with Crippen molar-refractivity contribution in [2.75, 3.05) is 0 Å². The van der Waals surface area contributed by atoms with Gasteiger partial charge in [0.1, 0.15) is 23.0 Å². The van der Waals surface area contributed by atoms with Gasteiger partial charge in [-0.25, -0.2) is 4.98 Å². The van der Waals surface area contributed by atoms with Crippen molar-refractivity contribution in [1.29, 1.82) is 0 Å². The van der Waals surface area contributed by atoms with E-state index in [4.69, 9.17) is 14.5 Å². The second kappa shape index (κ2) is 15.4. The van der Waals surface area contributed by atoms with Gasteiger partial charge in [0.15, 0.2) is 0 Å². The van der Waals surface area contributed by atoms with Crippen LogP contribution in [0.25, 0.3) is 33.6 Å². The van der Waals surface area contributed by atoms with Crippen molar-refractivity contribution in [3.05, 3.63) is 281 Å². The van der Waals surface area contributed by atoms with E-state index < -0.39 is 10.8 Å². The summed E-state index contributed by atoms with van der Waals surface area (Å²) in [6.07, 6.45) is 9.05. The first-order valence-corrected chi connectivity index (χ1v) is 22.2. The molecule has 0 saturated heterocycles. The molecule has 0 bridgehead atoms. The van der Waals surface area contributed by atoms with E-state index in [-0.39, 0.29) is 0 Å². The Morgan fingerprint density at radius 2 is 0.812 bits per heavy atom. The predicted molar refractivity (Wildman–Crippen MR) is 258 cm³/mol. The molecule has 0 spiro atoms. The minimum atomic E-state index is -0.661. The average molecular weight is 822 g/mol. The van der Waals surface area contributed by atoms with Gasteiger partial charge in [0.05, 0.1) is 22.2 Å². The third kappa shape index (κ3) is 5.78. The average Bonchev–Trinajstić information content (AvgIpc) is 3.38. The summed E-state index contributed by atoms with van der Waals surface area (Å²) in [5.41, 5.74) is 13.5. The standard InChI is InChI=1S/C61H43NO2/c1-6-22-42(23-7-1)43-40-54(48-32-20-36-52-58(48)63-56-38-18-16-34-50(56)60(52,44-24-8-2-9-25-44)45-26-10-3-11-27-45)62-55(41-43)49-33-21-37-53-59(49)64-57-39-19-17-35-51(57)61(53,46-28-12-4-13-29-46)47-30-14-5-15-31-47/h1-4,6-14,16-41H,5,15H2. The Morgan fingerprint density at radius 3 is 1.33 bits per heavy atom. The number of rotatable bonds is 7. The fourth-order valence-electron chi connectivity index (χ4n) is 10.7. The van der Waals surface area contributed by atoms with E-state index >= 15 is 0 Å². The molecule has 12 rings (SSSR count). The number of hydrogen-bond donors (Lipinski definition) is 0. The van der Waals surface area contributed by atoms with Gasteiger partial charge in [0, 0.05) is 33.4 Å². The number of fused-ring (bicyclic) bond motifs is 4. The quantitative estimate of drug-likeness (QED) is 0.160. The molecule has 0 saturated carbocycles. The summed E-state index contributed by atoms with van der Waals surface area (Å²) in [6.45, 7) is 0. The third-order valence-electron chi connectivity index (χ3n) is 13.4. The molecule has 0 radical (unpaired) electrons. The summed E-state index contributed by atoms with van der Waals surface area (Å²) < 4.78 is 14.3. The molecule has 1 aliphatic carbocycles. The normalized spacial score (nSPS) is 16.5. The second-order valence-corrected chi connectivity index (χ2v) is 16.8. The number of pyridine rings is 1. The predicted octanol–water partition coefficient (Wildman–Crippen LogP) is 15.3. The van der Waals surface area contributed by atoms with Gasteiger partial charge < -0.3 is 9.47 Å². The Balaban J connectivity index is 1.13. The molecule has 0 fully saturated rings. The van der Waals surface area contributed by atoms with Crippen LogP contribution < -0.4 is 9.47 Å². The smallest absolute Gasteiger partial charge is 0.141 e. The Morgan fingerprint density at radius 1 is 0.375 bits per heavy atom. The Bertz CT molecular complexity index is 3220. The van der Waals surface area contributed by atoms with Crippen molar-refractivity contribution in [2.45, 2.75) is 23.7 Å². The lowest BCUT2D eigenvalue weighted by Crippen LogP contribution is -2.35. The minimum Gasteiger partial charge on any atom is -0.456 e. The molecule has 3 nitrogen and oxygen atoms in total. The first kappa shape index (κ1) is 37.7. The van der Waals surface area contributed by atoms with Crippen LogP contribution in [0.4, 0.5) is 0 Å². The van der Waals surface area contributed by atoms with Gasteiger partial charge in [-0.15, -0.1) is 0 Å². The molecule has 64 heavy (non-hydrogen) atoms. The summed E-state index contributed by atoms with van der Waals surface area (Å²) in [7, 11) is 0. The van der Waals surface area contributed by atoms with Crippen LogP contribution in [0.5, 0.6) is 23.0 Å². The molecule has 3 heterocycles. The fraction of sp³-hybridized carbons (Fsp3) is 0.0656. The molecule has 9 aromatic rings. The molecule has 304 valence electrons. The van der Waals surface area contributed by atoms with E-state index in [0.717, 1.165) is 91.7 Å². The zero-order chi connectivity index (χ0) is 42.5. The Kier molecular flexibility index (Phi) is 9.08. The molecule has 3 aliphatic rings. The van der Waals surface area contributed by atoms with Gasteiger partial charge in [0.25, 0.3) is 0 Å². The van der Waals surface area contributed by atoms with Crippen molar-refractivity contribution < 1.29 is 9.47 Å². The maximum absolute atomic E-state index is 7.16. The topological polar surface area (TPSA) is 31.4 Å². The van der Waals surface area contributed by atoms with Gasteiger partial charge in [-0.1, -0.05) is 200 Å². The molecular formula is C61H43NO2. The largest absolute Gasteiger partial charge is 0.456 e. The lowest BCUT2D eigenvalue weighted by molar-refractivity contribution is 0.435. The maximum atomic E-state index is 7.16. The number of para-hydroxylation sites is 4. The van der Waals surface area contributed by atoms with Gasteiger partial charge in [0.2, 0.25) is 0 Å². The van der Waals surface area contributed by atoms with Crippen molar-refractivity contribution >= 4 is 0 Å². The van der Waals surface area contributed by atoms with Gasteiger partial charge >= 0.3 is 0 Å². The molecule has 0 amide bonds. The number of hydrogen-bond acceptors (Lipinski definition) is 3. The van der Waals surface area contributed by atoms with Crippen LogP contribution in [0, 0.1) is 0 Å².